The number of nitrogens with zero attached hydrogens (tertiary/aromatic N) is 2. The molecule has 2 aromatic rings. The van der Waals surface area contributed by atoms with Gasteiger partial charge < -0.3 is 41.3 Å². The molecule has 3 rings (SSSR count). The predicted molar refractivity (Wildman–Crippen MR) is 132 cm³/mol. The third-order valence-corrected chi connectivity index (χ3v) is 5.74. The molecule has 10 nitrogen and oxygen atoms in total. The average Bonchev–Trinajstić information content (AvgIpc) is 2.83. The zero-order chi connectivity index (χ0) is 24.5. The molecule has 0 saturated heterocycles. The number of aliphatic imine (C=N–C) groups is 2. The van der Waals surface area contributed by atoms with E-state index in [2.05, 4.69) is 20.6 Å². The first-order chi connectivity index (χ1) is 16.5. The van der Waals surface area contributed by atoms with E-state index in [9.17, 15) is 20.4 Å². The normalized spacial score (nSPS) is 15.9. The Balaban J connectivity index is 1.99. The van der Waals surface area contributed by atoms with Gasteiger partial charge in [0.15, 0.2) is 0 Å². The van der Waals surface area contributed by atoms with Crippen LogP contribution < -0.4 is 10.6 Å². The maximum Gasteiger partial charge on any atom is 0.137 e. The third kappa shape index (κ3) is 5.76. The summed E-state index contributed by atoms with van der Waals surface area (Å²) in [6.45, 7) is 3.50. The summed E-state index contributed by atoms with van der Waals surface area (Å²) < 4.78 is 0. The lowest BCUT2D eigenvalue weighted by atomic mass is 9.84. The summed E-state index contributed by atoms with van der Waals surface area (Å²) in [5, 5.41) is 67.0. The van der Waals surface area contributed by atoms with Crippen molar-refractivity contribution in [2.75, 3.05) is 52.5 Å². The summed E-state index contributed by atoms with van der Waals surface area (Å²) in [6, 6.07) is 2.54. The number of aliphatic hydroxyl groups is 2. The largest absolute Gasteiger partial charge is 0.507 e. The Morgan fingerprint density at radius 1 is 0.647 bits per heavy atom. The number of phenols is 4. The van der Waals surface area contributed by atoms with Crippen molar-refractivity contribution in [3.05, 3.63) is 23.3 Å². The number of fused-ring (bicyclic) bond motifs is 2. The number of benzene rings is 2. The van der Waals surface area contributed by atoms with Gasteiger partial charge >= 0.3 is 0 Å². The van der Waals surface area contributed by atoms with Crippen molar-refractivity contribution < 1.29 is 30.6 Å². The van der Waals surface area contributed by atoms with Crippen molar-refractivity contribution in [2.24, 2.45) is 9.98 Å². The van der Waals surface area contributed by atoms with Crippen molar-refractivity contribution >= 4 is 22.2 Å². The van der Waals surface area contributed by atoms with Crippen LogP contribution in [0.15, 0.2) is 22.1 Å². The van der Waals surface area contributed by atoms with Crippen LogP contribution in [0.5, 0.6) is 23.0 Å². The summed E-state index contributed by atoms with van der Waals surface area (Å²) in [5.41, 5.74) is 1.88. The van der Waals surface area contributed by atoms with Gasteiger partial charge in [0.25, 0.3) is 0 Å². The van der Waals surface area contributed by atoms with E-state index >= 15 is 0 Å². The molecule has 0 unspecified atom stereocenters. The van der Waals surface area contributed by atoms with Gasteiger partial charge in [-0.25, -0.2) is 0 Å². The Kier molecular flexibility index (Phi) is 9.46. The van der Waals surface area contributed by atoms with E-state index in [1.54, 1.807) is 0 Å². The van der Waals surface area contributed by atoms with Gasteiger partial charge in [-0.15, -0.1) is 0 Å². The summed E-state index contributed by atoms with van der Waals surface area (Å²) in [6.07, 6.45) is 2.48. The minimum Gasteiger partial charge on any atom is -0.507 e. The molecule has 1 aliphatic rings. The minimum absolute atomic E-state index is 0.0250. The van der Waals surface area contributed by atoms with Crippen molar-refractivity contribution in [3.8, 4) is 23.0 Å². The number of hydrogen-bond acceptors (Lipinski definition) is 10. The zero-order valence-electron chi connectivity index (χ0n) is 19.2. The van der Waals surface area contributed by atoms with Gasteiger partial charge in [0.1, 0.15) is 23.0 Å². The second-order valence-corrected chi connectivity index (χ2v) is 8.11. The van der Waals surface area contributed by atoms with Crippen LogP contribution in [0, 0.1) is 0 Å². The van der Waals surface area contributed by atoms with Crippen LogP contribution in [0.25, 0.3) is 10.8 Å². The monoisotopic (exact) mass is 474 g/mol. The fourth-order valence-corrected chi connectivity index (χ4v) is 4.16. The van der Waals surface area contributed by atoms with E-state index in [0.717, 1.165) is 12.8 Å². The molecule has 0 atom stereocenters. The fraction of sp³-hybridized carbons (Fsp3) is 0.500. The topological polar surface area (TPSA) is 170 Å². The minimum atomic E-state index is -0.255. The van der Waals surface area contributed by atoms with Gasteiger partial charge in [0, 0.05) is 37.6 Å². The van der Waals surface area contributed by atoms with Gasteiger partial charge in [0.2, 0.25) is 0 Å². The number of rotatable bonds is 12. The Labute approximate surface area is 198 Å². The van der Waals surface area contributed by atoms with Crippen LogP contribution in [-0.2, 0) is 0 Å². The predicted octanol–water partition coefficient (Wildman–Crippen LogP) is 0.978. The standard InChI is InChI=1S/C24H34N4O6/c29-13-11-25-7-1-9-27-15-3-4-16(28-10-2-8-26-12-14-30)20-19(15)23(33)21-17(31)5-6-18(32)22(21)24(20)34/h5-6,25-26,29-34H,1-4,7-14H2. The number of phenolic OH excluding ortho intramolecular Hbond substituents is 4. The van der Waals surface area contributed by atoms with Gasteiger partial charge in [-0.3, -0.25) is 9.98 Å². The van der Waals surface area contributed by atoms with E-state index in [4.69, 9.17) is 10.2 Å². The SMILES string of the molecule is OCCNCCCN=C1CCC(=NCCCNCCO)c2c1c(O)c1c(O)ccc(O)c1c2O. The first kappa shape index (κ1) is 25.7. The van der Waals surface area contributed by atoms with Crippen LogP contribution in [0.2, 0.25) is 0 Å². The summed E-state index contributed by atoms with van der Waals surface area (Å²) in [4.78, 5) is 9.32. The summed E-state index contributed by atoms with van der Waals surface area (Å²) in [7, 11) is 0. The molecule has 0 radical (unpaired) electrons. The Morgan fingerprint density at radius 3 is 1.44 bits per heavy atom. The molecule has 34 heavy (non-hydrogen) atoms. The quantitative estimate of drug-likeness (QED) is 0.166. The fourth-order valence-electron chi connectivity index (χ4n) is 4.16. The molecule has 0 bridgehead atoms. The molecule has 10 heteroatoms. The highest BCUT2D eigenvalue weighted by atomic mass is 16.3. The lowest BCUT2D eigenvalue weighted by molar-refractivity contribution is 0.292. The van der Waals surface area contributed by atoms with E-state index < -0.39 is 0 Å². The second-order valence-electron chi connectivity index (χ2n) is 8.11. The van der Waals surface area contributed by atoms with Crippen molar-refractivity contribution in [2.45, 2.75) is 25.7 Å². The molecular weight excluding hydrogens is 440 g/mol. The van der Waals surface area contributed by atoms with Crippen LogP contribution in [-0.4, -0.2) is 94.5 Å². The maximum absolute atomic E-state index is 11.2. The highest BCUT2D eigenvalue weighted by Crippen LogP contribution is 2.49. The molecule has 1 aliphatic carbocycles. The summed E-state index contributed by atoms with van der Waals surface area (Å²) >= 11 is 0. The zero-order valence-corrected chi connectivity index (χ0v) is 19.2. The van der Waals surface area contributed by atoms with E-state index in [1.807, 2.05) is 0 Å². The van der Waals surface area contributed by atoms with Crippen molar-refractivity contribution in [3.63, 3.8) is 0 Å². The highest BCUT2D eigenvalue weighted by molar-refractivity contribution is 6.25. The molecule has 0 spiro atoms. The first-order valence-electron chi connectivity index (χ1n) is 11.6. The average molecular weight is 475 g/mol. The molecule has 0 fully saturated rings. The summed E-state index contributed by atoms with van der Waals surface area (Å²) in [5.74, 6) is -0.999. The molecule has 0 saturated carbocycles. The van der Waals surface area contributed by atoms with Crippen molar-refractivity contribution in [1.29, 1.82) is 0 Å². The number of nitrogens with one attached hydrogen (secondary N) is 2. The van der Waals surface area contributed by atoms with Gasteiger partial charge in [-0.2, -0.15) is 0 Å². The van der Waals surface area contributed by atoms with Crippen LogP contribution in [0.4, 0.5) is 0 Å². The Hall–Kier alpha value is -2.92. The lowest BCUT2D eigenvalue weighted by Crippen LogP contribution is -2.22. The molecule has 2 aromatic carbocycles. The van der Waals surface area contributed by atoms with Crippen LogP contribution in [0.1, 0.15) is 36.8 Å². The van der Waals surface area contributed by atoms with Crippen LogP contribution >= 0.6 is 0 Å². The Bertz CT molecular complexity index is 971. The lowest BCUT2D eigenvalue weighted by Gasteiger charge is -2.24. The molecule has 0 aliphatic heterocycles. The smallest absolute Gasteiger partial charge is 0.137 e. The first-order valence-corrected chi connectivity index (χ1v) is 11.6. The van der Waals surface area contributed by atoms with E-state index in [-0.39, 0.29) is 47.0 Å². The number of aromatic hydroxyl groups is 4. The van der Waals surface area contributed by atoms with E-state index in [1.165, 1.54) is 12.1 Å². The highest BCUT2D eigenvalue weighted by Gasteiger charge is 2.31. The molecule has 0 heterocycles. The van der Waals surface area contributed by atoms with Gasteiger partial charge in [0.05, 0.1) is 35.1 Å². The second kappa shape index (κ2) is 12.5. The third-order valence-electron chi connectivity index (χ3n) is 5.74. The van der Waals surface area contributed by atoms with E-state index in [0.29, 0.717) is 74.7 Å². The molecule has 186 valence electrons. The molecule has 0 amide bonds. The van der Waals surface area contributed by atoms with Gasteiger partial charge in [-0.05, 0) is 50.9 Å². The number of aliphatic hydroxyl groups excluding tert-OH is 2. The van der Waals surface area contributed by atoms with Gasteiger partial charge in [-0.1, -0.05) is 0 Å². The number of hydrogen-bond donors (Lipinski definition) is 8. The Morgan fingerprint density at radius 2 is 1.06 bits per heavy atom. The molecule has 0 aromatic heterocycles. The van der Waals surface area contributed by atoms with Crippen molar-refractivity contribution in [1.82, 2.24) is 10.6 Å². The molecular formula is C24H34N4O6. The maximum atomic E-state index is 11.2. The molecule has 8 N–H and O–H groups in total. The van der Waals surface area contributed by atoms with Crippen LogP contribution in [0.3, 0.4) is 0 Å².